The van der Waals surface area contributed by atoms with Crippen molar-refractivity contribution in [3.05, 3.63) is 118 Å². The zero-order valence-electron chi connectivity index (χ0n) is 22.7. The van der Waals surface area contributed by atoms with Gasteiger partial charge in [-0.25, -0.2) is 5.01 Å². The van der Waals surface area contributed by atoms with Gasteiger partial charge < -0.3 is 9.64 Å². The van der Waals surface area contributed by atoms with Crippen molar-refractivity contribution in [3.63, 3.8) is 0 Å². The van der Waals surface area contributed by atoms with Gasteiger partial charge in [-0.1, -0.05) is 59.6 Å². The van der Waals surface area contributed by atoms with Crippen LogP contribution in [-0.4, -0.2) is 24.7 Å². The molecule has 41 heavy (non-hydrogen) atoms. The number of halogens is 2. The number of carbonyl (C=O) groups is 1. The standard InChI is InChI=1S/C33H30Cl2N4O2/c1-23(40)32-36-39(28-10-3-2-4-11-28)33(38(32)27-16-14-26(15-17-27)37-19-7-8-20-37)29-21-25(34)13-18-31(29)41-22-24-9-5-6-12-30(24)35/h2-6,9-18,21,33H,7-8,19-20,22H2,1H3/t33-/m0/s1. The maximum atomic E-state index is 13.1. The van der Waals surface area contributed by atoms with Crippen LogP contribution in [0.25, 0.3) is 0 Å². The van der Waals surface area contributed by atoms with E-state index in [0.717, 1.165) is 35.6 Å². The molecule has 6 nitrogen and oxygen atoms in total. The molecule has 1 saturated heterocycles. The second-order valence-electron chi connectivity index (χ2n) is 10.2. The van der Waals surface area contributed by atoms with Gasteiger partial charge in [-0.05, 0) is 73.5 Å². The van der Waals surface area contributed by atoms with E-state index in [-0.39, 0.29) is 12.4 Å². The number of benzene rings is 4. The fourth-order valence-electron chi connectivity index (χ4n) is 5.41. The first-order valence-corrected chi connectivity index (χ1v) is 14.5. The van der Waals surface area contributed by atoms with Crippen LogP contribution in [0.1, 0.15) is 37.1 Å². The molecule has 4 aromatic rings. The van der Waals surface area contributed by atoms with E-state index >= 15 is 0 Å². The van der Waals surface area contributed by atoms with E-state index in [1.54, 1.807) is 13.0 Å². The third-order valence-corrected chi connectivity index (χ3v) is 8.04. The second-order valence-corrected chi connectivity index (χ2v) is 11.0. The van der Waals surface area contributed by atoms with Crippen molar-refractivity contribution < 1.29 is 9.53 Å². The molecule has 0 aromatic heterocycles. The van der Waals surface area contributed by atoms with Crippen molar-refractivity contribution in [3.8, 4) is 5.75 Å². The van der Waals surface area contributed by atoms with Crippen LogP contribution in [-0.2, 0) is 11.4 Å². The Morgan fingerprint density at radius 3 is 2.24 bits per heavy atom. The monoisotopic (exact) mass is 584 g/mol. The predicted octanol–water partition coefficient (Wildman–Crippen LogP) is 8.10. The van der Waals surface area contributed by atoms with Crippen LogP contribution in [0.15, 0.2) is 102 Å². The molecule has 0 saturated carbocycles. The lowest BCUT2D eigenvalue weighted by Gasteiger charge is -2.33. The number of amidine groups is 1. The van der Waals surface area contributed by atoms with Crippen LogP contribution in [0.5, 0.6) is 5.75 Å². The highest BCUT2D eigenvalue weighted by Gasteiger charge is 2.41. The number of hydrazone groups is 1. The molecule has 8 heteroatoms. The lowest BCUT2D eigenvalue weighted by Crippen LogP contribution is -2.38. The molecule has 6 rings (SSSR count). The maximum Gasteiger partial charge on any atom is 0.198 e. The van der Waals surface area contributed by atoms with Crippen LogP contribution in [0.2, 0.25) is 10.0 Å². The topological polar surface area (TPSA) is 48.4 Å². The average molecular weight is 586 g/mol. The van der Waals surface area contributed by atoms with Gasteiger partial charge in [0.15, 0.2) is 17.8 Å². The maximum absolute atomic E-state index is 13.1. The van der Waals surface area contributed by atoms with Gasteiger partial charge in [0.05, 0.1) is 5.69 Å². The molecule has 0 N–H and O–H groups in total. The third kappa shape index (κ3) is 5.63. The van der Waals surface area contributed by atoms with Crippen molar-refractivity contribution in [2.75, 3.05) is 27.9 Å². The number of hydrogen-bond donors (Lipinski definition) is 0. The molecular formula is C33H30Cl2N4O2. The fraction of sp³-hybridized carbons (Fsp3) is 0.212. The molecule has 0 aliphatic carbocycles. The van der Waals surface area contributed by atoms with Crippen molar-refractivity contribution in [2.24, 2.45) is 5.10 Å². The van der Waals surface area contributed by atoms with Gasteiger partial charge in [-0.15, -0.1) is 5.10 Å². The number of para-hydroxylation sites is 1. The van der Waals surface area contributed by atoms with E-state index in [1.165, 1.54) is 18.5 Å². The molecule has 1 atom stereocenters. The van der Waals surface area contributed by atoms with Crippen molar-refractivity contribution in [2.45, 2.75) is 32.5 Å². The molecule has 0 radical (unpaired) electrons. The van der Waals surface area contributed by atoms with Crippen molar-refractivity contribution in [1.29, 1.82) is 0 Å². The summed E-state index contributed by atoms with van der Waals surface area (Å²) >= 11 is 13.0. The van der Waals surface area contributed by atoms with Crippen LogP contribution >= 0.6 is 23.2 Å². The Morgan fingerprint density at radius 2 is 1.54 bits per heavy atom. The molecule has 1 fully saturated rings. The third-order valence-electron chi connectivity index (χ3n) is 7.43. The van der Waals surface area contributed by atoms with Gasteiger partial charge in [0.25, 0.3) is 0 Å². The Morgan fingerprint density at radius 1 is 0.854 bits per heavy atom. The summed E-state index contributed by atoms with van der Waals surface area (Å²) in [5.74, 6) is 0.821. The lowest BCUT2D eigenvalue weighted by molar-refractivity contribution is -0.111. The molecular weight excluding hydrogens is 555 g/mol. The normalized spacial score (nSPS) is 16.7. The van der Waals surface area contributed by atoms with E-state index < -0.39 is 6.17 Å². The number of carbonyl (C=O) groups excluding carboxylic acids is 1. The predicted molar refractivity (Wildman–Crippen MR) is 167 cm³/mol. The number of Topliss-reactive ketones (excluding diaryl/α,β-unsaturated/α-hetero) is 1. The highest BCUT2D eigenvalue weighted by molar-refractivity contribution is 6.44. The number of anilines is 3. The molecule has 2 aliphatic rings. The average Bonchev–Trinajstić information content (AvgIpc) is 3.67. The molecule has 2 aliphatic heterocycles. The molecule has 0 bridgehead atoms. The van der Waals surface area contributed by atoms with Crippen LogP contribution in [0.4, 0.5) is 17.1 Å². The molecule has 208 valence electrons. The summed E-state index contributed by atoms with van der Waals surface area (Å²) in [5, 5.41) is 7.92. The quantitative estimate of drug-likeness (QED) is 0.209. The summed E-state index contributed by atoms with van der Waals surface area (Å²) in [6, 6.07) is 31.3. The van der Waals surface area contributed by atoms with Crippen LogP contribution in [0.3, 0.4) is 0 Å². The van der Waals surface area contributed by atoms with Gasteiger partial charge >= 0.3 is 0 Å². The van der Waals surface area contributed by atoms with Gasteiger partial charge in [0.1, 0.15) is 12.4 Å². The number of rotatable bonds is 8. The summed E-state index contributed by atoms with van der Waals surface area (Å²) in [6.45, 7) is 3.94. The summed E-state index contributed by atoms with van der Waals surface area (Å²) in [6.07, 6.45) is 1.87. The Kier molecular flexibility index (Phi) is 7.86. The highest BCUT2D eigenvalue weighted by Crippen LogP contribution is 2.43. The molecule has 2 heterocycles. The Labute approximate surface area is 250 Å². The van der Waals surface area contributed by atoms with Gasteiger partial charge in [-0.2, -0.15) is 0 Å². The molecule has 0 spiro atoms. The van der Waals surface area contributed by atoms with Gasteiger partial charge in [-0.3, -0.25) is 9.69 Å². The van der Waals surface area contributed by atoms with E-state index in [2.05, 4.69) is 29.2 Å². The largest absolute Gasteiger partial charge is 0.488 e. The summed E-state index contributed by atoms with van der Waals surface area (Å²) < 4.78 is 6.38. The first kappa shape index (κ1) is 27.2. The Hall–Kier alpha value is -4.00. The smallest absolute Gasteiger partial charge is 0.198 e. The Bertz CT molecular complexity index is 1570. The summed E-state index contributed by atoms with van der Waals surface area (Å²) in [5.41, 5.74) is 4.51. The zero-order chi connectivity index (χ0) is 28.3. The molecule has 0 unspecified atom stereocenters. The lowest BCUT2D eigenvalue weighted by atomic mass is 10.1. The van der Waals surface area contributed by atoms with E-state index in [4.69, 9.17) is 33.0 Å². The van der Waals surface area contributed by atoms with Gasteiger partial charge in [0.2, 0.25) is 0 Å². The Balaban J connectivity index is 1.45. The zero-order valence-corrected chi connectivity index (χ0v) is 24.2. The van der Waals surface area contributed by atoms with E-state index in [0.29, 0.717) is 21.6 Å². The first-order valence-electron chi connectivity index (χ1n) is 13.7. The summed E-state index contributed by atoms with van der Waals surface area (Å²) in [4.78, 5) is 17.4. The van der Waals surface area contributed by atoms with Crippen LogP contribution < -0.4 is 19.5 Å². The molecule has 0 amide bonds. The van der Waals surface area contributed by atoms with Gasteiger partial charge in [0, 0.05) is 52.6 Å². The van der Waals surface area contributed by atoms with E-state index in [1.807, 2.05) is 76.6 Å². The number of ketones is 1. The SMILES string of the molecule is CC(=O)C1=NN(c2ccccc2)[C@@H](c2cc(Cl)ccc2OCc2ccccc2Cl)N1c1ccc(N2CCCC2)cc1. The highest BCUT2D eigenvalue weighted by atomic mass is 35.5. The number of nitrogens with zero attached hydrogens (tertiary/aromatic N) is 4. The number of ether oxygens (including phenoxy) is 1. The minimum absolute atomic E-state index is 0.141. The fourth-order valence-corrected chi connectivity index (χ4v) is 5.78. The van der Waals surface area contributed by atoms with Crippen molar-refractivity contribution >= 4 is 51.9 Å². The second kappa shape index (κ2) is 11.9. The van der Waals surface area contributed by atoms with Crippen LogP contribution in [0, 0.1) is 0 Å². The number of hydrogen-bond acceptors (Lipinski definition) is 6. The molecule has 4 aromatic carbocycles. The summed E-state index contributed by atoms with van der Waals surface area (Å²) in [7, 11) is 0. The van der Waals surface area contributed by atoms with Crippen molar-refractivity contribution in [1.82, 2.24) is 0 Å². The minimum Gasteiger partial charge on any atom is -0.488 e. The minimum atomic E-state index is -0.533. The first-order chi connectivity index (χ1) is 20.0. The van der Waals surface area contributed by atoms with E-state index in [9.17, 15) is 4.79 Å².